The normalized spacial score (nSPS) is 11.9. The van der Waals surface area contributed by atoms with E-state index in [1.807, 2.05) is 81.4 Å². The molecule has 5 nitrogen and oxygen atoms in total. The van der Waals surface area contributed by atoms with Crippen molar-refractivity contribution >= 4 is 38.5 Å². The van der Waals surface area contributed by atoms with Crippen molar-refractivity contribution in [2.45, 2.75) is 40.3 Å². The third-order valence-electron chi connectivity index (χ3n) is 5.47. The van der Waals surface area contributed by atoms with Gasteiger partial charge < -0.3 is 15.0 Å². The zero-order chi connectivity index (χ0) is 24.0. The number of benzene rings is 3. The van der Waals surface area contributed by atoms with Crippen LogP contribution in [0.3, 0.4) is 0 Å². The van der Waals surface area contributed by atoms with Crippen molar-refractivity contribution < 1.29 is 14.3 Å². The van der Waals surface area contributed by atoms with Crippen LogP contribution in [-0.4, -0.2) is 35.9 Å². The van der Waals surface area contributed by atoms with Gasteiger partial charge >= 0.3 is 0 Å². The van der Waals surface area contributed by atoms with Crippen molar-refractivity contribution in [3.63, 3.8) is 0 Å². The summed E-state index contributed by atoms with van der Waals surface area (Å²) in [5, 5.41) is 5.03. The summed E-state index contributed by atoms with van der Waals surface area (Å²) in [7, 11) is 0. The van der Waals surface area contributed by atoms with E-state index in [4.69, 9.17) is 4.74 Å². The Kier molecular flexibility index (Phi) is 8.50. The zero-order valence-electron chi connectivity index (χ0n) is 19.6. The Balaban J connectivity index is 1.78. The largest absolute Gasteiger partial charge is 0.483 e. The Hall–Kier alpha value is -2.86. The monoisotopic (exact) mass is 510 g/mol. The molecule has 0 heterocycles. The molecule has 33 heavy (non-hydrogen) atoms. The summed E-state index contributed by atoms with van der Waals surface area (Å²) in [6.45, 7) is 8.58. The van der Waals surface area contributed by atoms with Gasteiger partial charge in [0.15, 0.2) is 6.61 Å². The number of carbonyl (C=O) groups is 2. The Morgan fingerprint density at radius 2 is 1.79 bits per heavy atom. The second-order valence-corrected chi connectivity index (χ2v) is 9.51. The highest BCUT2D eigenvalue weighted by Gasteiger charge is 2.26. The maximum atomic E-state index is 13.3. The van der Waals surface area contributed by atoms with Crippen molar-refractivity contribution in [3.05, 3.63) is 76.3 Å². The minimum Gasteiger partial charge on any atom is -0.483 e. The summed E-state index contributed by atoms with van der Waals surface area (Å²) in [6, 6.07) is 19.1. The second kappa shape index (κ2) is 11.3. The predicted molar refractivity (Wildman–Crippen MR) is 136 cm³/mol. The topological polar surface area (TPSA) is 58.6 Å². The minimum atomic E-state index is -0.625. The van der Waals surface area contributed by atoms with E-state index < -0.39 is 6.04 Å². The number of nitrogens with one attached hydrogen (secondary N) is 1. The maximum absolute atomic E-state index is 13.3. The molecule has 0 aliphatic heterocycles. The third kappa shape index (κ3) is 6.57. The molecule has 0 bridgehead atoms. The average molecular weight is 511 g/mol. The van der Waals surface area contributed by atoms with Crippen LogP contribution in [0.1, 0.15) is 31.9 Å². The van der Waals surface area contributed by atoms with Crippen molar-refractivity contribution in [2.75, 3.05) is 13.2 Å². The van der Waals surface area contributed by atoms with Crippen LogP contribution in [0.15, 0.2) is 65.1 Å². The van der Waals surface area contributed by atoms with Crippen molar-refractivity contribution in [1.82, 2.24) is 10.2 Å². The first-order valence-corrected chi connectivity index (χ1v) is 12.0. The summed E-state index contributed by atoms with van der Waals surface area (Å²) in [4.78, 5) is 27.6. The molecule has 0 unspecified atom stereocenters. The maximum Gasteiger partial charge on any atom is 0.261 e. The fraction of sp³-hybridized carbons (Fsp3) is 0.333. The lowest BCUT2D eigenvalue weighted by atomic mass is 10.1. The molecule has 1 N–H and O–H groups in total. The van der Waals surface area contributed by atoms with Gasteiger partial charge in [0.05, 0.1) is 4.47 Å². The van der Waals surface area contributed by atoms with E-state index in [1.165, 1.54) is 0 Å². The number of ether oxygens (including phenoxy) is 1. The van der Waals surface area contributed by atoms with Gasteiger partial charge in [-0.3, -0.25) is 9.59 Å². The molecule has 2 amide bonds. The Morgan fingerprint density at radius 3 is 2.52 bits per heavy atom. The molecule has 0 saturated carbocycles. The molecule has 0 aliphatic carbocycles. The average Bonchev–Trinajstić information content (AvgIpc) is 2.80. The van der Waals surface area contributed by atoms with E-state index in [0.29, 0.717) is 24.8 Å². The lowest BCUT2D eigenvalue weighted by Gasteiger charge is -2.29. The number of nitrogens with zero attached hydrogens (tertiary/aromatic N) is 1. The molecular weight excluding hydrogens is 480 g/mol. The fourth-order valence-corrected chi connectivity index (χ4v) is 4.20. The summed E-state index contributed by atoms with van der Waals surface area (Å²) >= 11 is 3.60. The molecule has 0 spiro atoms. The van der Waals surface area contributed by atoms with E-state index in [9.17, 15) is 9.59 Å². The van der Waals surface area contributed by atoms with Gasteiger partial charge in [-0.25, -0.2) is 0 Å². The van der Waals surface area contributed by atoms with Gasteiger partial charge in [0, 0.05) is 13.1 Å². The van der Waals surface area contributed by atoms with Gasteiger partial charge in [0.25, 0.3) is 5.91 Å². The summed E-state index contributed by atoms with van der Waals surface area (Å²) in [5.74, 6) is 0.505. The van der Waals surface area contributed by atoms with Crippen LogP contribution in [0.2, 0.25) is 0 Å². The number of aryl methyl sites for hydroxylation is 1. The van der Waals surface area contributed by atoms with Gasteiger partial charge in [-0.05, 0) is 58.1 Å². The molecule has 0 fully saturated rings. The van der Waals surface area contributed by atoms with E-state index in [2.05, 4.69) is 21.2 Å². The van der Waals surface area contributed by atoms with Crippen molar-refractivity contribution in [3.8, 4) is 5.75 Å². The fourth-order valence-electron chi connectivity index (χ4n) is 3.59. The van der Waals surface area contributed by atoms with Gasteiger partial charge in [0.2, 0.25) is 5.91 Å². The molecular formula is C27H31BrN2O3. The standard InChI is InChI=1S/C27H31BrN2O3/c1-18(2)15-29-27(32)20(4)30(16-21-9-7-8-19(3)14-21)25(31)17-33-24-13-12-22-10-5-6-11-23(22)26(24)28/h5-14,18,20H,15-17H2,1-4H3,(H,29,32)/t20-/m0/s1. The molecule has 6 heteroatoms. The Bertz CT molecular complexity index is 1130. The lowest BCUT2D eigenvalue weighted by molar-refractivity contribution is -0.142. The predicted octanol–water partition coefficient (Wildman–Crippen LogP) is 5.48. The molecule has 0 radical (unpaired) electrons. The van der Waals surface area contributed by atoms with Crippen LogP contribution in [0.4, 0.5) is 0 Å². The first kappa shape index (κ1) is 24.8. The number of hydrogen-bond donors (Lipinski definition) is 1. The van der Waals surface area contributed by atoms with Crippen LogP contribution in [0, 0.1) is 12.8 Å². The van der Waals surface area contributed by atoms with Gasteiger partial charge in [-0.1, -0.05) is 74.0 Å². The Labute approximate surface area is 204 Å². The molecule has 1 atom stereocenters. The second-order valence-electron chi connectivity index (χ2n) is 8.71. The van der Waals surface area contributed by atoms with Gasteiger partial charge in [-0.2, -0.15) is 0 Å². The molecule has 0 aliphatic rings. The van der Waals surface area contributed by atoms with E-state index in [1.54, 1.807) is 11.8 Å². The number of amides is 2. The quantitative estimate of drug-likeness (QED) is 0.414. The molecule has 3 aromatic carbocycles. The highest BCUT2D eigenvalue weighted by Crippen LogP contribution is 2.33. The van der Waals surface area contributed by atoms with Crippen LogP contribution >= 0.6 is 15.9 Å². The zero-order valence-corrected chi connectivity index (χ0v) is 21.2. The number of hydrogen-bond acceptors (Lipinski definition) is 3. The summed E-state index contributed by atoms with van der Waals surface area (Å²) in [5.41, 5.74) is 2.08. The Morgan fingerprint density at radius 1 is 1.03 bits per heavy atom. The van der Waals surface area contributed by atoms with E-state index in [-0.39, 0.29) is 18.4 Å². The van der Waals surface area contributed by atoms with Crippen LogP contribution in [0.5, 0.6) is 5.75 Å². The molecule has 174 valence electrons. The van der Waals surface area contributed by atoms with Crippen LogP contribution < -0.4 is 10.1 Å². The van der Waals surface area contributed by atoms with E-state index in [0.717, 1.165) is 26.4 Å². The molecule has 0 saturated heterocycles. The van der Waals surface area contributed by atoms with Crippen molar-refractivity contribution in [1.29, 1.82) is 0 Å². The summed E-state index contributed by atoms with van der Waals surface area (Å²) in [6.07, 6.45) is 0. The van der Waals surface area contributed by atoms with Crippen LogP contribution in [-0.2, 0) is 16.1 Å². The smallest absolute Gasteiger partial charge is 0.261 e. The number of rotatable bonds is 9. The SMILES string of the molecule is Cc1cccc(CN(C(=O)COc2ccc3ccccc3c2Br)[C@@H](C)C(=O)NCC(C)C)c1. The minimum absolute atomic E-state index is 0.162. The molecule has 0 aromatic heterocycles. The molecule has 3 aromatic rings. The summed E-state index contributed by atoms with van der Waals surface area (Å²) < 4.78 is 6.71. The van der Waals surface area contributed by atoms with Crippen molar-refractivity contribution in [2.24, 2.45) is 5.92 Å². The number of halogens is 1. The first-order chi connectivity index (χ1) is 15.8. The highest BCUT2D eigenvalue weighted by molar-refractivity contribution is 9.10. The van der Waals surface area contributed by atoms with Crippen LogP contribution in [0.25, 0.3) is 10.8 Å². The van der Waals surface area contributed by atoms with Gasteiger partial charge in [0.1, 0.15) is 11.8 Å². The first-order valence-electron chi connectivity index (χ1n) is 11.2. The number of fused-ring (bicyclic) bond motifs is 1. The van der Waals surface area contributed by atoms with Gasteiger partial charge in [-0.15, -0.1) is 0 Å². The molecule has 3 rings (SSSR count). The van der Waals surface area contributed by atoms with E-state index >= 15 is 0 Å². The third-order valence-corrected chi connectivity index (χ3v) is 6.28. The number of carbonyl (C=O) groups excluding carboxylic acids is 2. The highest BCUT2D eigenvalue weighted by atomic mass is 79.9. The lowest BCUT2D eigenvalue weighted by Crippen LogP contribution is -2.49.